The van der Waals surface area contributed by atoms with Gasteiger partial charge in [0.15, 0.2) is 0 Å². The molecular weight excluding hydrogens is 282 g/mol. The van der Waals surface area contributed by atoms with Crippen molar-refractivity contribution in [3.8, 4) is 0 Å². The van der Waals surface area contributed by atoms with E-state index >= 15 is 0 Å². The summed E-state index contributed by atoms with van der Waals surface area (Å²) in [6.45, 7) is 3.48. The van der Waals surface area contributed by atoms with E-state index in [4.69, 9.17) is 16.3 Å². The molecule has 3 nitrogen and oxygen atoms in total. The molecule has 1 amide bonds. The fourth-order valence-electron chi connectivity index (χ4n) is 2.51. The van der Waals surface area contributed by atoms with E-state index in [-0.39, 0.29) is 6.09 Å². The number of amides is 1. The minimum atomic E-state index is -0.245. The standard InChI is InChI=1S/C14H14ClNO2S/c1-2-18-14(17)16-6-5-10-11(15)3-4-12-13(10)9(7-16)8-19-12/h3-4,8H,2,5-7H2,1H3. The molecule has 5 heteroatoms. The molecule has 0 spiro atoms. The Morgan fingerprint density at radius 1 is 1.53 bits per heavy atom. The van der Waals surface area contributed by atoms with Gasteiger partial charge in [-0.2, -0.15) is 0 Å². The second-order valence-electron chi connectivity index (χ2n) is 4.53. The molecule has 0 aliphatic carbocycles. The highest BCUT2D eigenvalue weighted by molar-refractivity contribution is 7.17. The second-order valence-corrected chi connectivity index (χ2v) is 5.85. The molecule has 0 radical (unpaired) electrons. The fourth-order valence-corrected chi connectivity index (χ4v) is 3.74. The van der Waals surface area contributed by atoms with Gasteiger partial charge in [-0.15, -0.1) is 11.3 Å². The number of hydrogen-bond acceptors (Lipinski definition) is 3. The van der Waals surface area contributed by atoms with Gasteiger partial charge in [0, 0.05) is 21.7 Å². The fraction of sp³-hybridized carbons (Fsp3) is 0.357. The number of hydrogen-bond donors (Lipinski definition) is 0. The van der Waals surface area contributed by atoms with Crippen LogP contribution in [0.25, 0.3) is 10.1 Å². The maximum Gasteiger partial charge on any atom is 0.410 e. The molecule has 0 bridgehead atoms. The summed E-state index contributed by atoms with van der Waals surface area (Å²) < 4.78 is 6.33. The lowest BCUT2D eigenvalue weighted by Crippen LogP contribution is -2.31. The Labute approximate surface area is 120 Å². The summed E-state index contributed by atoms with van der Waals surface area (Å²) >= 11 is 8.00. The third-order valence-corrected chi connectivity index (χ3v) is 4.74. The number of carbonyl (C=O) groups excluding carboxylic acids is 1. The molecule has 0 unspecified atom stereocenters. The highest BCUT2D eigenvalue weighted by Gasteiger charge is 2.23. The molecule has 1 aromatic carbocycles. The number of benzene rings is 1. The first-order chi connectivity index (χ1) is 9.20. The molecule has 0 saturated heterocycles. The van der Waals surface area contributed by atoms with Crippen molar-refractivity contribution in [2.75, 3.05) is 13.2 Å². The van der Waals surface area contributed by atoms with Gasteiger partial charge < -0.3 is 9.64 Å². The molecule has 2 heterocycles. The van der Waals surface area contributed by atoms with Crippen molar-refractivity contribution in [3.63, 3.8) is 0 Å². The van der Waals surface area contributed by atoms with E-state index in [9.17, 15) is 4.79 Å². The highest BCUT2D eigenvalue weighted by atomic mass is 35.5. The molecule has 100 valence electrons. The number of nitrogens with zero attached hydrogens (tertiary/aromatic N) is 1. The molecule has 1 aromatic heterocycles. The topological polar surface area (TPSA) is 29.5 Å². The van der Waals surface area contributed by atoms with Gasteiger partial charge in [-0.25, -0.2) is 4.79 Å². The van der Waals surface area contributed by atoms with Crippen LogP contribution in [-0.4, -0.2) is 24.1 Å². The molecule has 0 fully saturated rings. The Balaban J connectivity index is 2.02. The number of ether oxygens (including phenoxy) is 1. The van der Waals surface area contributed by atoms with E-state index in [1.807, 2.05) is 13.0 Å². The molecule has 19 heavy (non-hydrogen) atoms. The predicted molar refractivity (Wildman–Crippen MR) is 78.0 cm³/mol. The van der Waals surface area contributed by atoms with Crippen LogP contribution in [-0.2, 0) is 17.7 Å². The lowest BCUT2D eigenvalue weighted by atomic mass is 10.1. The van der Waals surface area contributed by atoms with Gasteiger partial charge in [-0.3, -0.25) is 0 Å². The maximum atomic E-state index is 11.9. The van der Waals surface area contributed by atoms with Crippen molar-refractivity contribution >= 4 is 39.1 Å². The lowest BCUT2D eigenvalue weighted by Gasteiger charge is -2.19. The Hall–Kier alpha value is -1.26. The SMILES string of the molecule is CCOC(=O)N1CCc2c(Cl)ccc3scc(c23)C1. The third-order valence-electron chi connectivity index (χ3n) is 3.39. The van der Waals surface area contributed by atoms with Gasteiger partial charge in [0.05, 0.1) is 13.2 Å². The van der Waals surface area contributed by atoms with Crippen LogP contribution in [0.1, 0.15) is 18.1 Å². The second kappa shape index (κ2) is 5.02. The molecule has 0 N–H and O–H groups in total. The molecule has 0 atom stereocenters. The lowest BCUT2D eigenvalue weighted by molar-refractivity contribution is 0.105. The Morgan fingerprint density at radius 2 is 2.37 bits per heavy atom. The monoisotopic (exact) mass is 295 g/mol. The average molecular weight is 296 g/mol. The van der Waals surface area contributed by atoms with Crippen LogP contribution in [0.5, 0.6) is 0 Å². The molecule has 2 aromatic rings. The first kappa shape index (κ1) is 12.8. The molecular formula is C14H14ClNO2S. The quantitative estimate of drug-likeness (QED) is 0.794. The van der Waals surface area contributed by atoms with E-state index in [0.717, 1.165) is 17.0 Å². The van der Waals surface area contributed by atoms with Crippen LogP contribution in [0.2, 0.25) is 5.02 Å². The van der Waals surface area contributed by atoms with E-state index in [1.165, 1.54) is 15.6 Å². The van der Waals surface area contributed by atoms with E-state index in [2.05, 4.69) is 11.4 Å². The van der Waals surface area contributed by atoms with Crippen LogP contribution in [0.15, 0.2) is 17.5 Å². The number of thiophene rings is 1. The van der Waals surface area contributed by atoms with Crippen molar-refractivity contribution in [1.29, 1.82) is 0 Å². The van der Waals surface area contributed by atoms with Crippen LogP contribution in [0.4, 0.5) is 4.79 Å². The molecule has 1 aliphatic rings. The van der Waals surface area contributed by atoms with Crippen LogP contribution in [0, 0.1) is 0 Å². The zero-order chi connectivity index (χ0) is 13.4. The number of carbonyl (C=O) groups is 1. The maximum absolute atomic E-state index is 11.9. The van der Waals surface area contributed by atoms with Crippen molar-refractivity contribution in [2.45, 2.75) is 19.9 Å². The highest BCUT2D eigenvalue weighted by Crippen LogP contribution is 2.36. The molecule has 3 rings (SSSR count). The molecule has 0 saturated carbocycles. The van der Waals surface area contributed by atoms with Crippen LogP contribution >= 0.6 is 22.9 Å². The normalized spacial score (nSPS) is 14.5. The van der Waals surface area contributed by atoms with Gasteiger partial charge in [0.25, 0.3) is 0 Å². The van der Waals surface area contributed by atoms with Crippen molar-refractivity contribution in [2.24, 2.45) is 0 Å². The summed E-state index contributed by atoms with van der Waals surface area (Å²) in [5, 5.41) is 4.13. The summed E-state index contributed by atoms with van der Waals surface area (Å²) in [7, 11) is 0. The van der Waals surface area contributed by atoms with Gasteiger partial charge in [-0.05, 0) is 42.0 Å². The zero-order valence-electron chi connectivity index (χ0n) is 10.6. The Kier molecular flexibility index (Phi) is 3.37. The van der Waals surface area contributed by atoms with E-state index in [1.54, 1.807) is 16.2 Å². The summed E-state index contributed by atoms with van der Waals surface area (Å²) in [5.74, 6) is 0. The van der Waals surface area contributed by atoms with Gasteiger partial charge in [0.2, 0.25) is 0 Å². The minimum absolute atomic E-state index is 0.245. The van der Waals surface area contributed by atoms with Crippen LogP contribution < -0.4 is 0 Å². The number of rotatable bonds is 1. The molecule has 1 aliphatic heterocycles. The first-order valence-electron chi connectivity index (χ1n) is 6.30. The summed E-state index contributed by atoms with van der Waals surface area (Å²) in [6.07, 6.45) is 0.532. The van der Waals surface area contributed by atoms with Crippen molar-refractivity contribution in [3.05, 3.63) is 33.7 Å². The summed E-state index contributed by atoms with van der Waals surface area (Å²) in [6, 6.07) is 3.99. The zero-order valence-corrected chi connectivity index (χ0v) is 12.2. The summed E-state index contributed by atoms with van der Waals surface area (Å²) in [4.78, 5) is 13.7. The van der Waals surface area contributed by atoms with Crippen molar-refractivity contribution < 1.29 is 9.53 Å². The first-order valence-corrected chi connectivity index (χ1v) is 7.55. The third kappa shape index (κ3) is 2.19. The van der Waals surface area contributed by atoms with Gasteiger partial charge >= 0.3 is 6.09 Å². The average Bonchev–Trinajstić information content (AvgIpc) is 2.68. The Bertz CT molecular complexity index is 638. The van der Waals surface area contributed by atoms with Gasteiger partial charge in [0.1, 0.15) is 0 Å². The van der Waals surface area contributed by atoms with E-state index in [0.29, 0.717) is 19.7 Å². The van der Waals surface area contributed by atoms with Crippen molar-refractivity contribution in [1.82, 2.24) is 4.90 Å². The van der Waals surface area contributed by atoms with Crippen LogP contribution in [0.3, 0.4) is 0 Å². The van der Waals surface area contributed by atoms with E-state index < -0.39 is 0 Å². The minimum Gasteiger partial charge on any atom is -0.450 e. The van der Waals surface area contributed by atoms with Gasteiger partial charge in [-0.1, -0.05) is 11.6 Å². The number of halogens is 1. The largest absolute Gasteiger partial charge is 0.450 e. The predicted octanol–water partition coefficient (Wildman–Crippen LogP) is 4.07. The smallest absolute Gasteiger partial charge is 0.410 e. The summed E-state index contributed by atoms with van der Waals surface area (Å²) in [5.41, 5.74) is 2.32. The Morgan fingerprint density at radius 3 is 3.16 bits per heavy atom.